The third-order valence-corrected chi connectivity index (χ3v) is 4.19. The second kappa shape index (κ2) is 6.02. The fourth-order valence-corrected chi connectivity index (χ4v) is 2.88. The van der Waals surface area contributed by atoms with Crippen LogP contribution in [-0.2, 0) is 11.2 Å². The number of aliphatic carboxylic acids is 1. The summed E-state index contributed by atoms with van der Waals surface area (Å²) in [7, 11) is 0. The molecule has 1 aliphatic heterocycles. The Labute approximate surface area is 140 Å². The van der Waals surface area contributed by atoms with Gasteiger partial charge in [0.25, 0.3) is 0 Å². The molecule has 7 heteroatoms. The summed E-state index contributed by atoms with van der Waals surface area (Å²) in [4.78, 5) is 11.2. The van der Waals surface area contributed by atoms with Gasteiger partial charge in [-0.05, 0) is 47.4 Å². The lowest BCUT2D eigenvalue weighted by Crippen LogP contribution is -2.47. The molecule has 1 N–H and O–H groups in total. The normalized spacial score (nSPS) is 20.2. The predicted octanol–water partition coefficient (Wildman–Crippen LogP) is 4.57. The fraction of sp³-hybridized carbons (Fsp3) is 0.235. The number of carboxylic acids is 1. The van der Waals surface area contributed by atoms with Crippen molar-refractivity contribution in [2.24, 2.45) is 5.92 Å². The van der Waals surface area contributed by atoms with Gasteiger partial charge >= 0.3 is 12.1 Å². The van der Waals surface area contributed by atoms with E-state index in [0.717, 1.165) is 11.1 Å². The number of halogens is 4. The Bertz CT molecular complexity index is 772. The maximum absolute atomic E-state index is 13.0. The van der Waals surface area contributed by atoms with Crippen LogP contribution in [0.2, 0.25) is 5.02 Å². The Hall–Kier alpha value is -2.21. The third-order valence-electron chi connectivity index (χ3n) is 3.94. The van der Waals surface area contributed by atoms with Crippen molar-refractivity contribution in [3.63, 3.8) is 0 Å². The Kier molecular flexibility index (Phi) is 4.17. The van der Waals surface area contributed by atoms with Crippen LogP contribution in [0.1, 0.15) is 5.56 Å². The molecular weight excluding hydrogens is 345 g/mol. The highest BCUT2D eigenvalue weighted by Crippen LogP contribution is 2.40. The molecule has 126 valence electrons. The molecule has 0 radical (unpaired) electrons. The first kappa shape index (κ1) is 16.6. The van der Waals surface area contributed by atoms with Crippen molar-refractivity contribution in [3.8, 4) is 16.9 Å². The van der Waals surface area contributed by atoms with Gasteiger partial charge in [-0.3, -0.25) is 4.79 Å². The largest absolute Gasteiger partial charge is 0.481 e. The van der Waals surface area contributed by atoms with Crippen LogP contribution < -0.4 is 4.74 Å². The average Bonchev–Trinajstić information content (AvgIpc) is 2.53. The highest BCUT2D eigenvalue weighted by atomic mass is 35.5. The lowest BCUT2D eigenvalue weighted by molar-refractivity contribution is -0.217. The SMILES string of the molecule is O=C(O)[C@@H]1Cc2cc(-c3ccc(Cl)cc3)ccc2O[C@@H]1C(F)(F)F. The topological polar surface area (TPSA) is 46.5 Å². The van der Waals surface area contributed by atoms with Crippen molar-refractivity contribution < 1.29 is 27.8 Å². The molecule has 0 aromatic heterocycles. The first-order chi connectivity index (χ1) is 11.3. The molecule has 0 saturated heterocycles. The molecule has 3 nitrogen and oxygen atoms in total. The van der Waals surface area contributed by atoms with Crippen LogP contribution in [0.4, 0.5) is 13.2 Å². The summed E-state index contributed by atoms with van der Waals surface area (Å²) in [6, 6.07) is 11.7. The molecule has 0 unspecified atom stereocenters. The van der Waals surface area contributed by atoms with E-state index < -0.39 is 24.2 Å². The molecule has 1 aliphatic rings. The van der Waals surface area contributed by atoms with Crippen molar-refractivity contribution in [2.75, 3.05) is 0 Å². The van der Waals surface area contributed by atoms with Gasteiger partial charge in [0.1, 0.15) is 11.7 Å². The zero-order valence-corrected chi connectivity index (χ0v) is 12.9. The first-order valence-corrected chi connectivity index (χ1v) is 7.48. The van der Waals surface area contributed by atoms with E-state index >= 15 is 0 Å². The van der Waals surface area contributed by atoms with Gasteiger partial charge in [0.15, 0.2) is 0 Å². The van der Waals surface area contributed by atoms with Crippen LogP contribution >= 0.6 is 11.6 Å². The van der Waals surface area contributed by atoms with E-state index in [0.29, 0.717) is 10.6 Å². The maximum atomic E-state index is 13.0. The molecule has 0 saturated carbocycles. The van der Waals surface area contributed by atoms with Crippen LogP contribution in [0, 0.1) is 5.92 Å². The average molecular weight is 357 g/mol. The molecule has 0 fully saturated rings. The van der Waals surface area contributed by atoms with Crippen molar-refractivity contribution in [1.29, 1.82) is 0 Å². The number of carboxylic acid groups (broad SMARTS) is 1. The Morgan fingerprint density at radius 3 is 2.33 bits per heavy atom. The summed E-state index contributed by atoms with van der Waals surface area (Å²) in [5, 5.41) is 9.69. The van der Waals surface area contributed by atoms with Crippen molar-refractivity contribution in [1.82, 2.24) is 0 Å². The monoisotopic (exact) mass is 356 g/mol. The Morgan fingerprint density at radius 1 is 1.12 bits per heavy atom. The van der Waals surface area contributed by atoms with Crippen molar-refractivity contribution in [3.05, 3.63) is 53.1 Å². The number of fused-ring (bicyclic) bond motifs is 1. The fourth-order valence-electron chi connectivity index (χ4n) is 2.75. The standard InChI is InChI=1S/C17H12ClF3O3/c18-12-4-1-9(2-5-12)10-3-6-14-11(7-10)8-13(16(22)23)15(24-14)17(19,20)21/h1-7,13,15H,8H2,(H,22,23)/t13-,15+/m1/s1. The molecule has 2 aromatic rings. The number of benzene rings is 2. The van der Waals surface area contributed by atoms with Crippen LogP contribution in [0.15, 0.2) is 42.5 Å². The van der Waals surface area contributed by atoms with E-state index in [1.54, 1.807) is 36.4 Å². The number of carbonyl (C=O) groups is 1. The van der Waals surface area contributed by atoms with Crippen molar-refractivity contribution in [2.45, 2.75) is 18.7 Å². The predicted molar refractivity (Wildman–Crippen MR) is 82.2 cm³/mol. The van der Waals surface area contributed by atoms with Crippen LogP contribution in [-0.4, -0.2) is 23.4 Å². The van der Waals surface area contributed by atoms with E-state index in [1.165, 1.54) is 6.07 Å². The van der Waals surface area contributed by atoms with Gasteiger partial charge in [-0.2, -0.15) is 13.2 Å². The van der Waals surface area contributed by atoms with Crippen LogP contribution in [0.5, 0.6) is 5.75 Å². The van der Waals surface area contributed by atoms with E-state index in [4.69, 9.17) is 21.4 Å². The number of hydrogen-bond acceptors (Lipinski definition) is 2. The second-order valence-corrected chi connectivity index (χ2v) is 5.99. The molecule has 2 atom stereocenters. The molecule has 0 bridgehead atoms. The van der Waals surface area contributed by atoms with E-state index in [-0.39, 0.29) is 12.2 Å². The lowest BCUT2D eigenvalue weighted by atomic mass is 9.88. The summed E-state index contributed by atoms with van der Waals surface area (Å²) in [6.07, 6.45) is -7.32. The minimum absolute atomic E-state index is 0.0625. The van der Waals surface area contributed by atoms with E-state index in [1.807, 2.05) is 0 Å². The first-order valence-electron chi connectivity index (χ1n) is 7.11. The molecule has 0 spiro atoms. The highest BCUT2D eigenvalue weighted by molar-refractivity contribution is 6.30. The summed E-state index contributed by atoms with van der Waals surface area (Å²) in [6.45, 7) is 0. The van der Waals surface area contributed by atoms with Gasteiger partial charge in [0.2, 0.25) is 6.10 Å². The van der Waals surface area contributed by atoms with Gasteiger partial charge < -0.3 is 9.84 Å². The summed E-state index contributed by atoms with van der Waals surface area (Å²) < 4.78 is 44.0. The quantitative estimate of drug-likeness (QED) is 0.857. The summed E-state index contributed by atoms with van der Waals surface area (Å²) in [5.74, 6) is -3.13. The van der Waals surface area contributed by atoms with Gasteiger partial charge in [0.05, 0.1) is 0 Å². The molecular formula is C17H12ClF3O3. The van der Waals surface area contributed by atoms with Gasteiger partial charge in [-0.1, -0.05) is 29.8 Å². The molecule has 2 aromatic carbocycles. The highest BCUT2D eigenvalue weighted by Gasteiger charge is 2.52. The van der Waals surface area contributed by atoms with Crippen LogP contribution in [0.25, 0.3) is 11.1 Å². The molecule has 1 heterocycles. The summed E-state index contributed by atoms with van der Waals surface area (Å²) in [5.41, 5.74) is 2.02. The molecule has 3 rings (SSSR count). The number of ether oxygens (including phenoxy) is 1. The maximum Gasteiger partial charge on any atom is 0.426 e. The number of alkyl halides is 3. The van der Waals surface area contributed by atoms with E-state index in [9.17, 15) is 18.0 Å². The minimum atomic E-state index is -4.74. The second-order valence-electron chi connectivity index (χ2n) is 5.56. The molecule has 0 amide bonds. The van der Waals surface area contributed by atoms with Gasteiger partial charge in [0, 0.05) is 5.02 Å². The lowest BCUT2D eigenvalue weighted by Gasteiger charge is -2.32. The zero-order chi connectivity index (χ0) is 17.5. The number of hydrogen-bond donors (Lipinski definition) is 1. The molecule has 0 aliphatic carbocycles. The summed E-state index contributed by atoms with van der Waals surface area (Å²) >= 11 is 5.84. The van der Waals surface area contributed by atoms with Crippen molar-refractivity contribution >= 4 is 17.6 Å². The minimum Gasteiger partial charge on any atom is -0.481 e. The third kappa shape index (κ3) is 3.19. The molecule has 24 heavy (non-hydrogen) atoms. The van der Waals surface area contributed by atoms with Crippen LogP contribution in [0.3, 0.4) is 0 Å². The Balaban J connectivity index is 1.98. The number of rotatable bonds is 2. The van der Waals surface area contributed by atoms with Gasteiger partial charge in [-0.15, -0.1) is 0 Å². The van der Waals surface area contributed by atoms with Gasteiger partial charge in [-0.25, -0.2) is 0 Å². The smallest absolute Gasteiger partial charge is 0.426 e. The Morgan fingerprint density at radius 2 is 1.75 bits per heavy atom. The van der Waals surface area contributed by atoms with E-state index in [2.05, 4.69) is 0 Å². The zero-order valence-electron chi connectivity index (χ0n) is 12.2.